The van der Waals surface area contributed by atoms with E-state index >= 15 is 0 Å². The van der Waals surface area contributed by atoms with Crippen molar-refractivity contribution < 1.29 is 4.79 Å². The number of rotatable bonds is 3. The van der Waals surface area contributed by atoms with Crippen LogP contribution in [0.15, 0.2) is 18.5 Å². The molecule has 0 atom stereocenters. The average molecular weight is 222 g/mol. The molecule has 0 bridgehead atoms. The molecule has 2 aromatic heterocycles. The molecule has 0 fully saturated rings. The molecule has 0 aliphatic heterocycles. The molecule has 2 rings (SSSR count). The lowest BCUT2D eigenvalue weighted by Crippen LogP contribution is -2.13. The number of aryl methyl sites for hydroxylation is 1. The maximum atomic E-state index is 10.7. The van der Waals surface area contributed by atoms with Gasteiger partial charge in [-0.05, 0) is 18.3 Å². The van der Waals surface area contributed by atoms with Crippen LogP contribution in [0.1, 0.15) is 6.42 Å². The zero-order chi connectivity index (χ0) is 10.8. The molecule has 0 unspecified atom stereocenters. The van der Waals surface area contributed by atoms with E-state index in [1.165, 1.54) is 0 Å². The number of nitrogens with zero attached hydrogens (tertiary/aromatic N) is 2. The van der Waals surface area contributed by atoms with Crippen LogP contribution in [0.5, 0.6) is 0 Å². The normalized spacial score (nSPS) is 10.7. The summed E-state index contributed by atoms with van der Waals surface area (Å²) in [6.45, 7) is 0.498. The number of amides is 1. The second-order valence-electron chi connectivity index (χ2n) is 3.19. The largest absolute Gasteiger partial charge is 0.370 e. The molecule has 0 spiro atoms. The van der Waals surface area contributed by atoms with Gasteiger partial charge in [0.1, 0.15) is 0 Å². The first-order valence-corrected chi connectivity index (χ1v) is 4.90. The number of H-pyrrole nitrogens is 1. The lowest BCUT2D eigenvalue weighted by molar-refractivity contribution is -0.118. The van der Waals surface area contributed by atoms with Gasteiger partial charge in [-0.1, -0.05) is 0 Å². The van der Waals surface area contributed by atoms with Gasteiger partial charge < -0.3 is 15.3 Å². The van der Waals surface area contributed by atoms with Crippen LogP contribution in [0.2, 0.25) is 0 Å². The summed E-state index contributed by atoms with van der Waals surface area (Å²) >= 11 is 5.13. The van der Waals surface area contributed by atoms with Crippen LogP contribution in [0, 0.1) is 4.77 Å². The number of aromatic amines is 1. The molecule has 2 aromatic rings. The molecule has 78 valence electrons. The lowest BCUT2D eigenvalue weighted by atomic mass is 10.3. The molecule has 6 heteroatoms. The lowest BCUT2D eigenvalue weighted by Gasteiger charge is -2.01. The highest BCUT2D eigenvalue weighted by atomic mass is 32.1. The Morgan fingerprint density at radius 1 is 1.67 bits per heavy atom. The SMILES string of the molecule is NC(=O)CCn1c(=S)[nH]c2cnccc21. The number of hydrogen-bond acceptors (Lipinski definition) is 3. The minimum atomic E-state index is -0.333. The molecular weight excluding hydrogens is 212 g/mol. The number of nitrogens with one attached hydrogen (secondary N) is 1. The quantitative estimate of drug-likeness (QED) is 0.760. The van der Waals surface area contributed by atoms with Gasteiger partial charge in [0.2, 0.25) is 5.91 Å². The molecule has 0 saturated carbocycles. The van der Waals surface area contributed by atoms with Crippen molar-refractivity contribution in [1.29, 1.82) is 0 Å². The van der Waals surface area contributed by atoms with E-state index in [0.29, 0.717) is 11.3 Å². The number of carbonyl (C=O) groups excluding carboxylic acids is 1. The summed E-state index contributed by atoms with van der Waals surface area (Å²) in [6, 6.07) is 1.85. The first-order valence-electron chi connectivity index (χ1n) is 4.49. The van der Waals surface area contributed by atoms with Gasteiger partial charge in [0.25, 0.3) is 0 Å². The van der Waals surface area contributed by atoms with Gasteiger partial charge in [-0.15, -0.1) is 0 Å². The second-order valence-corrected chi connectivity index (χ2v) is 3.58. The summed E-state index contributed by atoms with van der Waals surface area (Å²) in [5.41, 5.74) is 6.90. The molecule has 5 nitrogen and oxygen atoms in total. The highest BCUT2D eigenvalue weighted by Gasteiger charge is 2.04. The van der Waals surface area contributed by atoms with Crippen LogP contribution in [-0.2, 0) is 11.3 Å². The Morgan fingerprint density at radius 3 is 3.20 bits per heavy atom. The van der Waals surface area contributed by atoms with E-state index in [1.54, 1.807) is 12.4 Å². The van der Waals surface area contributed by atoms with Crippen molar-refractivity contribution >= 4 is 29.2 Å². The van der Waals surface area contributed by atoms with Crippen LogP contribution < -0.4 is 5.73 Å². The van der Waals surface area contributed by atoms with Crippen molar-refractivity contribution in [2.75, 3.05) is 0 Å². The predicted octanol–water partition coefficient (Wildman–Crippen LogP) is 0.969. The Labute approximate surface area is 90.9 Å². The molecule has 0 radical (unpaired) electrons. The third-order valence-corrected chi connectivity index (χ3v) is 2.48. The van der Waals surface area contributed by atoms with Gasteiger partial charge in [0.15, 0.2) is 4.77 Å². The van der Waals surface area contributed by atoms with Crippen LogP contribution in [0.25, 0.3) is 11.0 Å². The molecule has 0 aliphatic rings. The highest BCUT2D eigenvalue weighted by Crippen LogP contribution is 2.12. The predicted molar refractivity (Wildman–Crippen MR) is 58.7 cm³/mol. The van der Waals surface area contributed by atoms with Crippen molar-refractivity contribution in [2.45, 2.75) is 13.0 Å². The fourth-order valence-corrected chi connectivity index (χ4v) is 1.75. The number of nitrogens with two attached hydrogens (primary N) is 1. The zero-order valence-electron chi connectivity index (χ0n) is 7.93. The first kappa shape index (κ1) is 9.85. The Hall–Kier alpha value is -1.69. The zero-order valence-corrected chi connectivity index (χ0v) is 8.75. The molecule has 1 amide bonds. The maximum absolute atomic E-state index is 10.7. The Morgan fingerprint density at radius 2 is 2.47 bits per heavy atom. The maximum Gasteiger partial charge on any atom is 0.219 e. The van der Waals surface area contributed by atoms with Crippen LogP contribution in [0.3, 0.4) is 0 Å². The summed E-state index contributed by atoms with van der Waals surface area (Å²) in [7, 11) is 0. The van der Waals surface area contributed by atoms with Gasteiger partial charge >= 0.3 is 0 Å². The summed E-state index contributed by atoms with van der Waals surface area (Å²) in [6.07, 6.45) is 3.67. The summed E-state index contributed by atoms with van der Waals surface area (Å²) in [4.78, 5) is 17.7. The van der Waals surface area contributed by atoms with E-state index in [1.807, 2.05) is 10.6 Å². The molecule has 3 N–H and O–H groups in total. The van der Waals surface area contributed by atoms with Crippen molar-refractivity contribution in [3.63, 3.8) is 0 Å². The Kier molecular flexibility index (Phi) is 2.51. The summed E-state index contributed by atoms with van der Waals surface area (Å²) < 4.78 is 2.43. The van der Waals surface area contributed by atoms with Gasteiger partial charge in [-0.25, -0.2) is 0 Å². The number of pyridine rings is 1. The van der Waals surface area contributed by atoms with E-state index in [2.05, 4.69) is 9.97 Å². The van der Waals surface area contributed by atoms with Crippen LogP contribution in [0.4, 0.5) is 0 Å². The van der Waals surface area contributed by atoms with E-state index in [-0.39, 0.29) is 12.3 Å². The summed E-state index contributed by atoms with van der Waals surface area (Å²) in [5, 5.41) is 0. The third-order valence-electron chi connectivity index (χ3n) is 2.16. The molecule has 0 saturated heterocycles. The highest BCUT2D eigenvalue weighted by molar-refractivity contribution is 7.71. The first-order chi connectivity index (χ1) is 7.18. The minimum Gasteiger partial charge on any atom is -0.370 e. The van der Waals surface area contributed by atoms with Gasteiger partial charge in [-0.3, -0.25) is 9.78 Å². The molecule has 2 heterocycles. The van der Waals surface area contributed by atoms with Gasteiger partial charge in [-0.2, -0.15) is 0 Å². The molecule has 0 aliphatic carbocycles. The third kappa shape index (κ3) is 1.89. The van der Waals surface area contributed by atoms with Crippen molar-refractivity contribution in [2.24, 2.45) is 5.73 Å². The Balaban J connectivity index is 2.45. The van der Waals surface area contributed by atoms with E-state index in [0.717, 1.165) is 11.0 Å². The van der Waals surface area contributed by atoms with Gasteiger partial charge in [0.05, 0.1) is 17.2 Å². The molecular formula is C9H10N4OS. The van der Waals surface area contributed by atoms with E-state index in [9.17, 15) is 4.79 Å². The van der Waals surface area contributed by atoms with Crippen molar-refractivity contribution in [3.8, 4) is 0 Å². The minimum absolute atomic E-state index is 0.281. The second kappa shape index (κ2) is 3.82. The number of fused-ring (bicyclic) bond motifs is 1. The fourth-order valence-electron chi connectivity index (χ4n) is 1.45. The number of hydrogen-bond donors (Lipinski definition) is 2. The monoisotopic (exact) mass is 222 g/mol. The topological polar surface area (TPSA) is 76.7 Å². The fraction of sp³-hybridized carbons (Fsp3) is 0.222. The smallest absolute Gasteiger partial charge is 0.219 e. The van der Waals surface area contributed by atoms with E-state index < -0.39 is 0 Å². The molecule has 15 heavy (non-hydrogen) atoms. The van der Waals surface area contributed by atoms with Crippen molar-refractivity contribution in [3.05, 3.63) is 23.2 Å². The number of imidazole rings is 1. The number of primary amides is 1. The number of aromatic nitrogens is 3. The summed E-state index contributed by atoms with van der Waals surface area (Å²) in [5.74, 6) is -0.333. The average Bonchev–Trinajstić information content (AvgIpc) is 2.50. The van der Waals surface area contributed by atoms with Crippen molar-refractivity contribution in [1.82, 2.24) is 14.5 Å². The Bertz CT molecular complexity index is 556. The van der Waals surface area contributed by atoms with Gasteiger partial charge in [0, 0.05) is 19.2 Å². The number of carbonyl (C=O) groups is 1. The van der Waals surface area contributed by atoms with Crippen LogP contribution in [-0.4, -0.2) is 20.4 Å². The van der Waals surface area contributed by atoms with Crippen LogP contribution >= 0.6 is 12.2 Å². The van der Waals surface area contributed by atoms with E-state index in [4.69, 9.17) is 18.0 Å². The standard InChI is InChI=1S/C9H10N4OS/c10-8(14)2-4-13-7-1-3-11-5-6(7)12-9(13)15/h1,3,5H,2,4H2,(H2,10,14)(H,12,15). The molecule has 0 aromatic carbocycles.